The van der Waals surface area contributed by atoms with Crippen LogP contribution in [0.15, 0.2) is 48.6 Å². The summed E-state index contributed by atoms with van der Waals surface area (Å²) < 4.78 is 32.7. The summed E-state index contributed by atoms with van der Waals surface area (Å²) in [5.74, 6) is -2.43. The van der Waals surface area contributed by atoms with Gasteiger partial charge in [-0.15, -0.1) is 0 Å². The van der Waals surface area contributed by atoms with Crippen LogP contribution in [0.5, 0.6) is 0 Å². The van der Waals surface area contributed by atoms with Crippen LogP contribution in [0.4, 0.5) is 0 Å². The number of esters is 2. The molecule has 0 fully saturated rings. The number of hydrogen-bond donors (Lipinski definition) is 3. The second kappa shape index (κ2) is 41.2. The molecule has 11 nitrogen and oxygen atoms in total. The standard InChI is InChI=1S/C46H82NO10P/c1-3-5-7-9-11-13-15-17-19-20-21-22-24-25-27-29-31-33-35-37-44(48)54-39-42(40-55-58(52,53)56-41-43(47)46(50)51)57-45(49)38-36-34-32-30-28-26-23-18-16-14-12-10-8-6-4-2/h6,8,12,14,18,23,28,30,42-43H,3-5,7,9-11,13,15-17,19-22,24-27,29,31-41,47H2,1-2H3,(H,50,51)(H,52,53)/b8-6-,14-12-,23-18-,30-28-/t42-,43+/m1/s1. The molecule has 0 rings (SSSR count). The summed E-state index contributed by atoms with van der Waals surface area (Å²) in [6, 6.07) is -1.53. The summed E-state index contributed by atoms with van der Waals surface area (Å²) in [6.07, 6.45) is 46.1. The molecule has 58 heavy (non-hydrogen) atoms. The summed E-state index contributed by atoms with van der Waals surface area (Å²) in [4.78, 5) is 46.0. The summed E-state index contributed by atoms with van der Waals surface area (Å²) in [5, 5.41) is 8.89. The fourth-order valence-corrected chi connectivity index (χ4v) is 6.83. The van der Waals surface area contributed by atoms with E-state index in [9.17, 15) is 23.8 Å². The minimum atomic E-state index is -4.73. The van der Waals surface area contributed by atoms with E-state index in [0.717, 1.165) is 57.8 Å². The molecule has 0 saturated carbocycles. The number of nitrogens with two attached hydrogens (primary N) is 1. The minimum Gasteiger partial charge on any atom is -0.480 e. The summed E-state index contributed by atoms with van der Waals surface area (Å²) in [6.45, 7) is 2.66. The fourth-order valence-electron chi connectivity index (χ4n) is 6.06. The maximum atomic E-state index is 12.6. The van der Waals surface area contributed by atoms with Gasteiger partial charge in [-0.25, -0.2) is 4.57 Å². The highest BCUT2D eigenvalue weighted by Gasteiger charge is 2.28. The highest BCUT2D eigenvalue weighted by molar-refractivity contribution is 7.47. The lowest BCUT2D eigenvalue weighted by Crippen LogP contribution is -2.34. The molecule has 0 aromatic heterocycles. The number of carboxylic acids is 1. The molecular formula is C46H82NO10P. The van der Waals surface area contributed by atoms with Gasteiger partial charge in [0.2, 0.25) is 0 Å². The SMILES string of the molecule is CC/C=C\C/C=C\C/C=C\C/C=C\CCCCC(=O)O[C@H](COC(=O)CCCCCCCCCCCCCCCCCCCCC)COP(=O)(O)OC[C@H](N)C(=O)O. The van der Waals surface area contributed by atoms with Gasteiger partial charge in [-0.1, -0.05) is 178 Å². The highest BCUT2D eigenvalue weighted by Crippen LogP contribution is 2.43. The normalized spacial score (nSPS) is 14.1. The van der Waals surface area contributed by atoms with Crippen molar-refractivity contribution in [1.82, 2.24) is 0 Å². The van der Waals surface area contributed by atoms with Gasteiger partial charge < -0.3 is 25.2 Å². The number of aliphatic carboxylic acids is 1. The Morgan fingerprint density at radius 3 is 1.45 bits per heavy atom. The first kappa shape index (κ1) is 55.4. The van der Waals surface area contributed by atoms with Gasteiger partial charge in [0.25, 0.3) is 0 Å². The number of hydrogen-bond acceptors (Lipinski definition) is 9. The lowest BCUT2D eigenvalue weighted by molar-refractivity contribution is -0.161. The maximum absolute atomic E-state index is 12.6. The molecule has 0 amide bonds. The van der Waals surface area contributed by atoms with Crippen molar-refractivity contribution in [2.24, 2.45) is 5.73 Å². The first-order valence-electron chi connectivity index (χ1n) is 22.7. The van der Waals surface area contributed by atoms with Crippen LogP contribution in [0, 0.1) is 0 Å². The van der Waals surface area contributed by atoms with Gasteiger partial charge in [-0.3, -0.25) is 23.4 Å². The third-order valence-corrected chi connectivity index (χ3v) is 10.5. The monoisotopic (exact) mass is 840 g/mol. The van der Waals surface area contributed by atoms with Crippen LogP contribution in [0.1, 0.15) is 194 Å². The zero-order chi connectivity index (χ0) is 42.8. The van der Waals surface area contributed by atoms with Gasteiger partial charge >= 0.3 is 25.7 Å². The summed E-state index contributed by atoms with van der Waals surface area (Å²) in [7, 11) is -4.73. The van der Waals surface area contributed by atoms with Gasteiger partial charge in [0.1, 0.15) is 12.6 Å². The molecule has 0 aromatic carbocycles. The Morgan fingerprint density at radius 2 is 0.966 bits per heavy atom. The quantitative estimate of drug-likeness (QED) is 0.0231. The number of rotatable bonds is 42. The van der Waals surface area contributed by atoms with E-state index in [1.165, 1.54) is 96.3 Å². The second-order valence-corrected chi connectivity index (χ2v) is 16.6. The number of unbranched alkanes of at least 4 members (excludes halogenated alkanes) is 20. The van der Waals surface area contributed by atoms with Gasteiger partial charge in [0.05, 0.1) is 13.2 Å². The molecule has 0 bridgehead atoms. The number of phosphoric ester groups is 1. The molecule has 0 aliphatic carbocycles. The molecule has 0 heterocycles. The van der Waals surface area contributed by atoms with Crippen LogP contribution in [-0.4, -0.2) is 59.9 Å². The Bertz CT molecular complexity index is 1170. The number of allylic oxidation sites excluding steroid dienone is 8. The van der Waals surface area contributed by atoms with E-state index in [-0.39, 0.29) is 19.4 Å². The summed E-state index contributed by atoms with van der Waals surface area (Å²) in [5.41, 5.74) is 5.33. The van der Waals surface area contributed by atoms with E-state index >= 15 is 0 Å². The average Bonchev–Trinajstić information content (AvgIpc) is 3.20. The van der Waals surface area contributed by atoms with Crippen molar-refractivity contribution in [3.05, 3.63) is 48.6 Å². The van der Waals surface area contributed by atoms with Crippen molar-refractivity contribution in [3.8, 4) is 0 Å². The number of ether oxygens (including phenoxy) is 2. The fraction of sp³-hybridized carbons (Fsp3) is 0.761. The van der Waals surface area contributed by atoms with E-state index in [4.69, 9.17) is 24.8 Å². The van der Waals surface area contributed by atoms with Crippen LogP contribution in [0.2, 0.25) is 0 Å². The Balaban J connectivity index is 4.35. The Labute approximate surface area is 352 Å². The first-order valence-corrected chi connectivity index (χ1v) is 24.2. The van der Waals surface area contributed by atoms with Crippen molar-refractivity contribution in [2.75, 3.05) is 19.8 Å². The Morgan fingerprint density at radius 1 is 0.552 bits per heavy atom. The van der Waals surface area contributed by atoms with Crippen molar-refractivity contribution >= 4 is 25.7 Å². The minimum absolute atomic E-state index is 0.109. The topological polar surface area (TPSA) is 172 Å². The average molecular weight is 840 g/mol. The largest absolute Gasteiger partial charge is 0.480 e. The van der Waals surface area contributed by atoms with Crippen molar-refractivity contribution in [2.45, 2.75) is 206 Å². The van der Waals surface area contributed by atoms with Crippen LogP contribution >= 0.6 is 7.82 Å². The molecule has 0 aromatic rings. The predicted molar refractivity (Wildman–Crippen MR) is 235 cm³/mol. The zero-order valence-electron chi connectivity index (χ0n) is 36.4. The third kappa shape index (κ3) is 40.2. The molecule has 0 aliphatic heterocycles. The molecule has 0 spiro atoms. The van der Waals surface area contributed by atoms with E-state index in [1.54, 1.807) is 0 Å². The lowest BCUT2D eigenvalue weighted by Gasteiger charge is -2.20. The molecule has 3 atom stereocenters. The van der Waals surface area contributed by atoms with Gasteiger partial charge in [-0.2, -0.15) is 0 Å². The predicted octanol–water partition coefficient (Wildman–Crippen LogP) is 12.2. The van der Waals surface area contributed by atoms with Crippen LogP contribution in [0.25, 0.3) is 0 Å². The van der Waals surface area contributed by atoms with E-state index < -0.39 is 51.1 Å². The Kier molecular flexibility index (Phi) is 39.4. The highest BCUT2D eigenvalue weighted by atomic mass is 31.2. The van der Waals surface area contributed by atoms with Crippen molar-refractivity contribution in [3.63, 3.8) is 0 Å². The third-order valence-electron chi connectivity index (χ3n) is 9.59. The van der Waals surface area contributed by atoms with Crippen molar-refractivity contribution in [1.29, 1.82) is 0 Å². The molecule has 0 radical (unpaired) electrons. The molecule has 336 valence electrons. The van der Waals surface area contributed by atoms with E-state index in [0.29, 0.717) is 12.8 Å². The smallest absolute Gasteiger partial charge is 0.472 e. The van der Waals surface area contributed by atoms with Crippen molar-refractivity contribution < 1.29 is 47.5 Å². The number of carbonyl (C=O) groups is 3. The van der Waals surface area contributed by atoms with Crippen LogP contribution in [-0.2, 0) is 37.5 Å². The first-order chi connectivity index (χ1) is 28.1. The lowest BCUT2D eigenvalue weighted by atomic mass is 10.0. The molecule has 4 N–H and O–H groups in total. The molecular weight excluding hydrogens is 757 g/mol. The number of carbonyl (C=O) groups excluding carboxylic acids is 2. The number of carboxylic acid groups (broad SMARTS) is 1. The maximum Gasteiger partial charge on any atom is 0.472 e. The van der Waals surface area contributed by atoms with E-state index in [2.05, 4.69) is 67.0 Å². The summed E-state index contributed by atoms with van der Waals surface area (Å²) >= 11 is 0. The van der Waals surface area contributed by atoms with Crippen LogP contribution in [0.3, 0.4) is 0 Å². The molecule has 0 saturated heterocycles. The molecule has 0 aliphatic rings. The molecule has 1 unspecified atom stereocenters. The zero-order valence-corrected chi connectivity index (χ0v) is 37.3. The van der Waals surface area contributed by atoms with Crippen LogP contribution < -0.4 is 5.73 Å². The van der Waals surface area contributed by atoms with E-state index in [1.807, 2.05) is 0 Å². The van der Waals surface area contributed by atoms with Gasteiger partial charge in [-0.05, 0) is 51.4 Å². The molecule has 12 heteroatoms. The van der Waals surface area contributed by atoms with Gasteiger partial charge in [0.15, 0.2) is 6.10 Å². The van der Waals surface area contributed by atoms with Gasteiger partial charge in [0, 0.05) is 12.8 Å². The number of phosphoric acid groups is 1. The second-order valence-electron chi connectivity index (χ2n) is 15.2. The Hall–Kier alpha value is -2.56.